The third-order valence-electron chi connectivity index (χ3n) is 3.00. The minimum atomic E-state index is -0.167. The van der Waals surface area contributed by atoms with E-state index >= 15 is 0 Å². The summed E-state index contributed by atoms with van der Waals surface area (Å²) in [6, 6.07) is 11.3. The lowest BCUT2D eigenvalue weighted by atomic mass is 10.1. The van der Waals surface area contributed by atoms with Crippen LogP contribution in [0.4, 0.5) is 10.1 Å². The molecule has 1 N–H and O–H groups in total. The number of aryl methyl sites for hydroxylation is 1. The Labute approximate surface area is 129 Å². The number of anilines is 1. The molecule has 2 aromatic carbocycles. The molecule has 0 aliphatic heterocycles. The zero-order chi connectivity index (χ0) is 14.0. The molecule has 100 valence electrons. The molecule has 1 unspecified atom stereocenters. The summed E-state index contributed by atoms with van der Waals surface area (Å²) in [5, 5.41) is 3.37. The largest absolute Gasteiger partial charge is 0.378 e. The van der Waals surface area contributed by atoms with Crippen molar-refractivity contribution >= 4 is 37.5 Å². The van der Waals surface area contributed by atoms with Gasteiger partial charge in [0.2, 0.25) is 0 Å². The Morgan fingerprint density at radius 2 is 1.84 bits per heavy atom. The molecule has 0 aromatic heterocycles. The average molecular weight is 387 g/mol. The van der Waals surface area contributed by atoms with E-state index in [1.807, 2.05) is 31.2 Å². The fourth-order valence-corrected chi connectivity index (χ4v) is 2.53. The van der Waals surface area contributed by atoms with Crippen LogP contribution in [0, 0.1) is 12.7 Å². The predicted octanol–water partition coefficient (Wildman–Crippen LogP) is 5.83. The van der Waals surface area contributed by atoms with E-state index < -0.39 is 0 Å². The fourth-order valence-electron chi connectivity index (χ4n) is 1.80. The van der Waals surface area contributed by atoms with E-state index in [4.69, 9.17) is 0 Å². The lowest BCUT2D eigenvalue weighted by Crippen LogP contribution is -2.07. The molecule has 0 spiro atoms. The van der Waals surface area contributed by atoms with E-state index in [1.165, 1.54) is 0 Å². The number of hydrogen-bond acceptors (Lipinski definition) is 1. The predicted molar refractivity (Wildman–Crippen MR) is 85.0 cm³/mol. The van der Waals surface area contributed by atoms with Gasteiger partial charge in [-0.1, -0.05) is 28.1 Å². The lowest BCUT2D eigenvalue weighted by Gasteiger charge is -2.17. The van der Waals surface area contributed by atoms with Gasteiger partial charge in [0.05, 0.1) is 5.69 Å². The monoisotopic (exact) mass is 385 g/mol. The molecule has 1 atom stereocenters. The first-order valence-corrected chi connectivity index (χ1v) is 7.53. The molecular formula is C15H14Br2FN. The third-order valence-corrected chi connectivity index (χ3v) is 4.18. The summed E-state index contributed by atoms with van der Waals surface area (Å²) in [6.07, 6.45) is 0. The molecule has 0 saturated carbocycles. The Balaban J connectivity index is 2.22. The highest BCUT2D eigenvalue weighted by molar-refractivity contribution is 9.11. The molecule has 2 aromatic rings. The molecule has 0 heterocycles. The Hall–Kier alpha value is -0.870. The molecule has 0 fully saturated rings. The molecule has 2 rings (SSSR count). The normalized spacial score (nSPS) is 12.3. The molecule has 4 heteroatoms. The summed E-state index contributed by atoms with van der Waals surface area (Å²) >= 11 is 6.94. The lowest BCUT2D eigenvalue weighted by molar-refractivity contribution is 0.614. The maximum absolute atomic E-state index is 13.6. The van der Waals surface area contributed by atoms with Gasteiger partial charge in [-0.25, -0.2) is 4.39 Å². The van der Waals surface area contributed by atoms with Crippen LogP contribution in [0.2, 0.25) is 0 Å². The van der Waals surface area contributed by atoms with Gasteiger partial charge in [0.25, 0.3) is 0 Å². The van der Waals surface area contributed by atoms with Gasteiger partial charge in [0.15, 0.2) is 0 Å². The highest BCUT2D eigenvalue weighted by Gasteiger charge is 2.09. The van der Waals surface area contributed by atoms with Crippen LogP contribution in [-0.4, -0.2) is 0 Å². The number of halogens is 3. The van der Waals surface area contributed by atoms with Crippen LogP contribution < -0.4 is 5.32 Å². The van der Waals surface area contributed by atoms with Crippen molar-refractivity contribution < 1.29 is 4.39 Å². The van der Waals surface area contributed by atoms with E-state index in [0.29, 0.717) is 5.56 Å². The van der Waals surface area contributed by atoms with Gasteiger partial charge in [-0.2, -0.15) is 0 Å². The van der Waals surface area contributed by atoms with Crippen molar-refractivity contribution in [2.75, 3.05) is 5.32 Å². The van der Waals surface area contributed by atoms with E-state index in [9.17, 15) is 4.39 Å². The second-order valence-corrected chi connectivity index (χ2v) is 6.27. The number of nitrogens with one attached hydrogen (secondary N) is 1. The van der Waals surface area contributed by atoms with E-state index in [2.05, 4.69) is 37.2 Å². The maximum Gasteiger partial charge on any atom is 0.126 e. The molecule has 0 bridgehead atoms. The topological polar surface area (TPSA) is 12.0 Å². The van der Waals surface area contributed by atoms with Crippen LogP contribution in [0.5, 0.6) is 0 Å². The van der Waals surface area contributed by atoms with Gasteiger partial charge in [-0.3, -0.25) is 0 Å². The minimum Gasteiger partial charge on any atom is -0.378 e. The molecule has 19 heavy (non-hydrogen) atoms. The summed E-state index contributed by atoms with van der Waals surface area (Å²) < 4.78 is 15.6. The average Bonchev–Trinajstić information content (AvgIpc) is 2.37. The van der Waals surface area contributed by atoms with Crippen molar-refractivity contribution in [2.24, 2.45) is 0 Å². The summed E-state index contributed by atoms with van der Waals surface area (Å²) in [5.74, 6) is -0.167. The molecule has 1 nitrogen and oxygen atoms in total. The van der Waals surface area contributed by atoms with Gasteiger partial charge >= 0.3 is 0 Å². The summed E-state index contributed by atoms with van der Waals surface area (Å²) in [6.45, 7) is 3.78. The van der Waals surface area contributed by atoms with Crippen LogP contribution in [0.15, 0.2) is 45.3 Å². The third kappa shape index (κ3) is 3.57. The molecule has 0 amide bonds. The van der Waals surface area contributed by atoms with Gasteiger partial charge in [-0.15, -0.1) is 0 Å². The summed E-state index contributed by atoms with van der Waals surface area (Å²) in [4.78, 5) is 0. The standard InChI is InChI=1S/C15H14Br2FN/c1-9-3-4-11(7-14(9)18)10(2)19-15-8-12(16)5-6-13(15)17/h3-8,10,19H,1-2H3. The fraction of sp³-hybridized carbons (Fsp3) is 0.200. The molecule has 0 aliphatic rings. The zero-order valence-electron chi connectivity index (χ0n) is 10.7. The number of benzene rings is 2. The SMILES string of the molecule is Cc1ccc(C(C)Nc2cc(Br)ccc2Br)cc1F. The second kappa shape index (κ2) is 6.06. The van der Waals surface area contributed by atoms with Crippen LogP contribution in [0.3, 0.4) is 0 Å². The molecule has 0 saturated heterocycles. The van der Waals surface area contributed by atoms with Crippen LogP contribution in [0.1, 0.15) is 24.1 Å². The highest BCUT2D eigenvalue weighted by atomic mass is 79.9. The Morgan fingerprint density at radius 1 is 1.11 bits per heavy atom. The molecular weight excluding hydrogens is 373 g/mol. The van der Waals surface area contributed by atoms with Crippen molar-refractivity contribution in [2.45, 2.75) is 19.9 Å². The van der Waals surface area contributed by atoms with Crippen molar-refractivity contribution in [3.05, 3.63) is 62.3 Å². The first kappa shape index (κ1) is 14.5. The first-order valence-electron chi connectivity index (χ1n) is 5.95. The second-order valence-electron chi connectivity index (χ2n) is 4.50. The van der Waals surface area contributed by atoms with Crippen molar-refractivity contribution in [3.63, 3.8) is 0 Å². The van der Waals surface area contributed by atoms with E-state index in [0.717, 1.165) is 20.2 Å². The minimum absolute atomic E-state index is 0.0284. The van der Waals surface area contributed by atoms with Crippen molar-refractivity contribution in [1.82, 2.24) is 0 Å². The molecule has 0 aliphatic carbocycles. The molecule has 0 radical (unpaired) electrons. The van der Waals surface area contributed by atoms with Crippen LogP contribution in [0.25, 0.3) is 0 Å². The Morgan fingerprint density at radius 3 is 2.53 bits per heavy atom. The summed E-state index contributed by atoms with van der Waals surface area (Å²) in [7, 11) is 0. The van der Waals surface area contributed by atoms with Gasteiger partial charge in [0, 0.05) is 15.0 Å². The van der Waals surface area contributed by atoms with E-state index in [-0.39, 0.29) is 11.9 Å². The quantitative estimate of drug-likeness (QED) is 0.699. The first-order chi connectivity index (χ1) is 8.97. The van der Waals surface area contributed by atoms with Gasteiger partial charge < -0.3 is 5.32 Å². The maximum atomic E-state index is 13.6. The van der Waals surface area contributed by atoms with Crippen molar-refractivity contribution in [3.8, 4) is 0 Å². The Bertz CT molecular complexity index is 599. The summed E-state index contributed by atoms with van der Waals surface area (Å²) in [5.41, 5.74) is 2.57. The smallest absolute Gasteiger partial charge is 0.126 e. The zero-order valence-corrected chi connectivity index (χ0v) is 13.8. The van der Waals surface area contributed by atoms with Crippen LogP contribution >= 0.6 is 31.9 Å². The number of rotatable bonds is 3. The van der Waals surface area contributed by atoms with Gasteiger partial charge in [-0.05, 0) is 65.2 Å². The highest BCUT2D eigenvalue weighted by Crippen LogP contribution is 2.29. The van der Waals surface area contributed by atoms with Gasteiger partial charge in [0.1, 0.15) is 5.82 Å². The van der Waals surface area contributed by atoms with Crippen molar-refractivity contribution in [1.29, 1.82) is 0 Å². The van der Waals surface area contributed by atoms with Crippen LogP contribution in [-0.2, 0) is 0 Å². The number of hydrogen-bond donors (Lipinski definition) is 1. The Kier molecular flexibility index (Phi) is 4.63. The van der Waals surface area contributed by atoms with E-state index in [1.54, 1.807) is 19.1 Å².